The first-order valence-corrected chi connectivity index (χ1v) is 19.5. The maximum Gasteiger partial charge on any atom is 0.307 e. The van der Waals surface area contributed by atoms with Gasteiger partial charge < -0.3 is 20.5 Å². The van der Waals surface area contributed by atoms with E-state index in [4.69, 9.17) is 4.74 Å². The van der Waals surface area contributed by atoms with Crippen molar-refractivity contribution in [2.24, 2.45) is 11.8 Å². The molecule has 2 heterocycles. The molecule has 292 valence electrons. The maximum atomic E-state index is 14.4. The number of fused-ring (bicyclic) bond motifs is 16. The van der Waals surface area contributed by atoms with Gasteiger partial charge in [0.2, 0.25) is 11.8 Å². The van der Waals surface area contributed by atoms with E-state index in [1.54, 1.807) is 24.3 Å². The Morgan fingerprint density at radius 1 is 0.579 bits per heavy atom. The summed E-state index contributed by atoms with van der Waals surface area (Å²) >= 11 is 0. The van der Waals surface area contributed by atoms with Crippen LogP contribution in [0.5, 0.6) is 5.75 Å². The van der Waals surface area contributed by atoms with Crippen LogP contribution in [0.25, 0.3) is 11.1 Å². The lowest BCUT2D eigenvalue weighted by atomic mass is 9.90. The van der Waals surface area contributed by atoms with Gasteiger partial charge in [0, 0.05) is 25.2 Å². The first kappa shape index (κ1) is 40.3. The topological polar surface area (TPSA) is 139 Å². The van der Waals surface area contributed by atoms with Gasteiger partial charge in [-0.1, -0.05) is 127 Å². The number of carboxylic acid groups (broad SMARTS) is 1. The molecular formula is C48H48N2O7. The number of benzene rings is 5. The molecule has 57 heavy (non-hydrogen) atoms. The van der Waals surface area contributed by atoms with Crippen LogP contribution in [0.15, 0.2) is 140 Å². The number of amides is 2. The Hall–Kier alpha value is -6.35. The Labute approximate surface area is 333 Å². The third-order valence-electron chi connectivity index (χ3n) is 10.5. The monoisotopic (exact) mass is 764 g/mol. The fraction of sp³-hybridized carbons (Fsp3) is 0.271. The number of aryl methyl sites for hydroxylation is 2. The van der Waals surface area contributed by atoms with Crippen LogP contribution in [-0.2, 0) is 49.7 Å². The van der Waals surface area contributed by atoms with E-state index in [-0.39, 0.29) is 44.5 Å². The molecule has 0 radical (unpaired) electrons. The van der Waals surface area contributed by atoms with Crippen molar-refractivity contribution in [3.63, 3.8) is 0 Å². The number of hydrogen-bond donors (Lipinski definition) is 3. The number of carbonyl (C=O) groups excluding carboxylic acids is 4. The lowest BCUT2D eigenvalue weighted by molar-refractivity contribution is -0.144. The molecule has 5 aromatic carbocycles. The van der Waals surface area contributed by atoms with Gasteiger partial charge in [0.05, 0.1) is 12.0 Å². The van der Waals surface area contributed by atoms with Crippen molar-refractivity contribution < 1.29 is 33.8 Å². The summed E-state index contributed by atoms with van der Waals surface area (Å²) in [4.78, 5) is 68.6. The zero-order valence-electron chi connectivity index (χ0n) is 31.8. The number of Topliss-reactive ketones (excluding diaryl/α,β-unsaturated/α-hetero) is 2. The molecule has 2 aliphatic heterocycles. The van der Waals surface area contributed by atoms with Crippen LogP contribution in [0.1, 0.15) is 47.9 Å². The maximum absolute atomic E-state index is 14.4. The standard InChI is InChI=1S/C48H48N2O7/c51-41-30-39(24-16-33-10-4-1-5-11-33)46(53)50-44(29-36-17-22-38(23-18-36)37-14-8-3-9-15-37)47(54)49-43(27-21-34-12-6-2-7-13-34)45(52)31-40(48(55)56)28-35-19-25-42(26-20-35)57-32-41/h1-15,17-20,22-23,25-26,39-40,43-44H,16,21,24,27-32H2,(H,49,54)(H,50,53)(H,55,56)/t39-,40+,43+,44-/m0/s1. The number of hydrogen-bond acceptors (Lipinski definition) is 6. The van der Waals surface area contributed by atoms with Gasteiger partial charge in [-0.25, -0.2) is 0 Å². The Morgan fingerprint density at radius 3 is 1.75 bits per heavy atom. The molecule has 0 fully saturated rings. The van der Waals surface area contributed by atoms with Gasteiger partial charge in [-0.3, -0.25) is 24.0 Å². The molecular weight excluding hydrogens is 717 g/mol. The van der Waals surface area contributed by atoms with Crippen molar-refractivity contribution in [1.29, 1.82) is 0 Å². The largest absolute Gasteiger partial charge is 0.486 e. The van der Waals surface area contributed by atoms with Crippen molar-refractivity contribution >= 4 is 29.4 Å². The number of ketones is 2. The van der Waals surface area contributed by atoms with Crippen LogP contribution < -0.4 is 15.4 Å². The molecule has 5 aromatic rings. The summed E-state index contributed by atoms with van der Waals surface area (Å²) in [6.07, 6.45) is 1.36. The van der Waals surface area contributed by atoms with Gasteiger partial charge in [-0.2, -0.15) is 0 Å². The Morgan fingerprint density at radius 2 is 1.14 bits per heavy atom. The highest BCUT2D eigenvalue weighted by Gasteiger charge is 2.32. The van der Waals surface area contributed by atoms with E-state index in [2.05, 4.69) is 10.6 Å². The van der Waals surface area contributed by atoms with E-state index in [1.807, 2.05) is 115 Å². The van der Waals surface area contributed by atoms with Crippen molar-refractivity contribution in [2.45, 2.75) is 63.5 Å². The highest BCUT2D eigenvalue weighted by Crippen LogP contribution is 2.23. The van der Waals surface area contributed by atoms with Crippen LogP contribution in [0.4, 0.5) is 0 Å². The normalized spacial score (nSPS) is 19.6. The first-order chi connectivity index (χ1) is 27.7. The Kier molecular flexibility index (Phi) is 14.1. The summed E-state index contributed by atoms with van der Waals surface area (Å²) in [5.41, 5.74) is 5.46. The Balaban J connectivity index is 1.32. The third-order valence-corrected chi connectivity index (χ3v) is 10.5. The molecule has 0 saturated heterocycles. The van der Waals surface area contributed by atoms with Gasteiger partial charge in [0.1, 0.15) is 18.4 Å². The summed E-state index contributed by atoms with van der Waals surface area (Å²) in [5.74, 6) is -4.24. The predicted molar refractivity (Wildman–Crippen MR) is 218 cm³/mol. The van der Waals surface area contributed by atoms with E-state index in [9.17, 15) is 29.1 Å². The second kappa shape index (κ2) is 20.0. The number of ether oxygens (including phenoxy) is 1. The van der Waals surface area contributed by atoms with Crippen LogP contribution in [0, 0.1) is 11.8 Å². The summed E-state index contributed by atoms with van der Waals surface area (Å²) < 4.78 is 5.79. The van der Waals surface area contributed by atoms with Gasteiger partial charge >= 0.3 is 5.97 Å². The molecule has 9 heteroatoms. The highest BCUT2D eigenvalue weighted by atomic mass is 16.5. The minimum atomic E-state index is -1.13. The van der Waals surface area contributed by atoms with Crippen LogP contribution in [-0.4, -0.2) is 53.1 Å². The summed E-state index contributed by atoms with van der Waals surface area (Å²) in [6, 6.07) is 41.5. The first-order valence-electron chi connectivity index (χ1n) is 19.5. The summed E-state index contributed by atoms with van der Waals surface area (Å²) in [6.45, 7) is -0.262. The van der Waals surface area contributed by atoms with E-state index < -0.39 is 47.5 Å². The summed E-state index contributed by atoms with van der Waals surface area (Å²) in [5, 5.41) is 16.1. The zero-order chi connectivity index (χ0) is 40.0. The molecule has 7 rings (SSSR count). The van der Waals surface area contributed by atoms with E-state index >= 15 is 0 Å². The summed E-state index contributed by atoms with van der Waals surface area (Å²) in [7, 11) is 0. The minimum absolute atomic E-state index is 0.0837. The van der Waals surface area contributed by atoms with Gasteiger partial charge in [-0.15, -0.1) is 0 Å². The molecule has 0 aromatic heterocycles. The van der Waals surface area contributed by atoms with Gasteiger partial charge in [0.15, 0.2) is 11.6 Å². The Bertz CT molecular complexity index is 2100. The minimum Gasteiger partial charge on any atom is -0.486 e. The van der Waals surface area contributed by atoms with E-state index in [0.29, 0.717) is 30.6 Å². The number of carbonyl (C=O) groups is 5. The van der Waals surface area contributed by atoms with Crippen LogP contribution in [0.3, 0.4) is 0 Å². The zero-order valence-corrected chi connectivity index (χ0v) is 31.8. The van der Waals surface area contributed by atoms with Gasteiger partial charge in [-0.05, 0) is 77.6 Å². The van der Waals surface area contributed by atoms with Crippen molar-refractivity contribution in [3.8, 4) is 16.9 Å². The molecule has 9 nitrogen and oxygen atoms in total. The van der Waals surface area contributed by atoms with Crippen molar-refractivity contribution in [2.75, 3.05) is 6.61 Å². The number of aliphatic carboxylic acids is 1. The lowest BCUT2D eigenvalue weighted by Gasteiger charge is -2.26. The van der Waals surface area contributed by atoms with E-state index in [0.717, 1.165) is 27.8 Å². The number of rotatable bonds is 10. The second-order valence-corrected chi connectivity index (χ2v) is 14.7. The molecule has 0 saturated carbocycles. The lowest BCUT2D eigenvalue weighted by Crippen LogP contribution is -2.54. The average molecular weight is 765 g/mol. The van der Waals surface area contributed by atoms with Crippen LogP contribution in [0.2, 0.25) is 0 Å². The SMILES string of the molecule is O=C1COc2ccc(cc2)C[C@@H](C(=O)O)CC(=O)[C@@H](CCc2ccccc2)NC(=O)[C@H](Cc2ccc(-c3ccccc3)cc2)NC(=O)[C@@H](CCc2ccccc2)C1. The third kappa shape index (κ3) is 12.1. The number of carboxylic acids is 1. The molecule has 0 spiro atoms. The smallest absolute Gasteiger partial charge is 0.307 e. The quantitative estimate of drug-likeness (QED) is 0.139. The fourth-order valence-corrected chi connectivity index (χ4v) is 7.19. The van der Waals surface area contributed by atoms with Crippen molar-refractivity contribution in [1.82, 2.24) is 10.6 Å². The highest BCUT2D eigenvalue weighted by molar-refractivity contribution is 5.95. The molecule has 0 aliphatic carbocycles. The number of nitrogens with one attached hydrogen (secondary N) is 2. The van der Waals surface area contributed by atoms with E-state index in [1.165, 1.54) is 0 Å². The molecule has 2 aliphatic rings. The molecule has 0 unspecified atom stereocenters. The van der Waals surface area contributed by atoms with Crippen molar-refractivity contribution in [3.05, 3.63) is 162 Å². The van der Waals surface area contributed by atoms with Gasteiger partial charge in [0.25, 0.3) is 0 Å². The molecule has 4 atom stereocenters. The second-order valence-electron chi connectivity index (χ2n) is 14.7. The molecule has 2 bridgehead atoms. The molecule has 3 N–H and O–H groups in total. The fourth-order valence-electron chi connectivity index (χ4n) is 7.19. The molecule has 2 amide bonds. The average Bonchev–Trinajstić information content (AvgIpc) is 3.23. The van der Waals surface area contributed by atoms with Crippen LogP contribution >= 0.6 is 0 Å². The predicted octanol–water partition coefficient (Wildman–Crippen LogP) is 7.00.